The molecule has 6 rings (SSSR count). The van der Waals surface area contributed by atoms with E-state index in [9.17, 15) is 72.5 Å². The summed E-state index contributed by atoms with van der Waals surface area (Å²) in [5, 5.41) is 52.2. The van der Waals surface area contributed by atoms with E-state index in [1.807, 2.05) is 0 Å². The van der Waals surface area contributed by atoms with Crippen molar-refractivity contribution in [2.75, 3.05) is 31.2 Å². The van der Waals surface area contributed by atoms with Crippen molar-refractivity contribution in [1.29, 1.82) is 0 Å². The summed E-state index contributed by atoms with van der Waals surface area (Å²) in [6, 6.07) is 2.71. The molecule has 12 atom stereocenters. The van der Waals surface area contributed by atoms with E-state index < -0.39 is 242 Å². The quantitative estimate of drug-likeness (QED) is 0.0177. The highest BCUT2D eigenvalue weighted by molar-refractivity contribution is 7.99. The van der Waals surface area contributed by atoms with Crippen molar-refractivity contribution in [3.8, 4) is 5.75 Å². The van der Waals surface area contributed by atoms with Crippen LogP contribution in [0.4, 0.5) is 0 Å². The summed E-state index contributed by atoms with van der Waals surface area (Å²) in [6.45, 7) is 6.43. The van der Waals surface area contributed by atoms with Gasteiger partial charge in [-0.05, 0) is 98.6 Å². The average Bonchev–Trinajstić information content (AvgIpc) is 1.50. The van der Waals surface area contributed by atoms with Gasteiger partial charge in [0, 0.05) is 91.9 Å². The molecule has 1 fully saturated rings. The molecule has 0 saturated carbocycles. The number of benzene rings is 3. The number of aliphatic hydroxyl groups excluding tert-OH is 1. The fraction of sp³-hybridized carbons (Fsp3) is 0.473. The first-order valence-electron chi connectivity index (χ1n) is 36.7. The van der Waals surface area contributed by atoms with E-state index >= 15 is 19.2 Å². The number of carbonyl (C=O) groups is 17. The number of thioether (sulfide) groups is 1. The van der Waals surface area contributed by atoms with Crippen molar-refractivity contribution in [2.45, 2.75) is 184 Å². The van der Waals surface area contributed by atoms with Gasteiger partial charge in [0.2, 0.25) is 94.5 Å². The smallest absolute Gasteiger partial charge is 0.303 e. The lowest BCUT2D eigenvalue weighted by Crippen LogP contribution is -2.65. The number of nitrogens with two attached hydrogens (primary N) is 5. The molecule has 1 saturated heterocycles. The number of aliphatic carboxylic acids is 1. The number of primary amides is 4. The largest absolute Gasteiger partial charge is 0.492 e. The monoisotopic (exact) mass is 1610 g/mol. The molecule has 3 heterocycles. The molecule has 0 spiro atoms. The lowest BCUT2D eigenvalue weighted by Gasteiger charge is -2.34. The highest BCUT2D eigenvalue weighted by atomic mass is 32.2. The molecule has 1 aliphatic rings. The Morgan fingerprint density at radius 1 is 0.605 bits per heavy atom. The molecule has 1 aliphatic heterocycles. The minimum Gasteiger partial charge on any atom is -0.492 e. The number of hydrogen-bond acceptors (Lipinski definition) is 21. The number of carboxylic acid groups (broad SMARTS) is 1. The van der Waals surface area contributed by atoms with Gasteiger partial charge >= 0.3 is 5.97 Å². The van der Waals surface area contributed by atoms with Crippen LogP contribution in [0.2, 0.25) is 0 Å². The highest BCUT2D eigenvalue weighted by Crippen LogP contribution is 2.25. The van der Waals surface area contributed by atoms with Crippen LogP contribution in [-0.2, 0) is 101 Å². The molecule has 0 unspecified atom stereocenters. The Hall–Kier alpha value is -12.2. The topological polar surface area (TPSA) is 646 Å². The van der Waals surface area contributed by atoms with Crippen LogP contribution in [-0.4, -0.2) is 224 Å². The van der Waals surface area contributed by atoms with Crippen molar-refractivity contribution in [3.63, 3.8) is 0 Å². The second-order valence-electron chi connectivity index (χ2n) is 28.1. The zero-order chi connectivity index (χ0) is 84.1. The minimum atomic E-state index is -2.07. The lowest BCUT2D eigenvalue weighted by molar-refractivity contribution is -0.140. The zero-order valence-electron chi connectivity index (χ0n) is 63.6. The summed E-state index contributed by atoms with van der Waals surface area (Å²) < 4.78 is 5.70. The fourth-order valence-electron chi connectivity index (χ4n) is 12.5. The minimum absolute atomic E-state index is 0.113. The first-order valence-corrected chi connectivity index (χ1v) is 37.8. The number of aromatic amines is 2. The Labute approximate surface area is 658 Å². The number of fused-ring (bicyclic) bond motifs is 2. The number of hydrogen-bond donors (Lipinski definition) is 21. The van der Waals surface area contributed by atoms with E-state index in [0.29, 0.717) is 44.2 Å². The van der Waals surface area contributed by atoms with Gasteiger partial charge in [0.15, 0.2) is 0 Å². The van der Waals surface area contributed by atoms with Crippen LogP contribution in [0, 0.1) is 5.92 Å². The Balaban J connectivity index is 1.45. The molecule has 114 heavy (non-hydrogen) atoms. The summed E-state index contributed by atoms with van der Waals surface area (Å²) in [4.78, 5) is 241. The number of ether oxygens (including phenoxy) is 1. The molecule has 0 bridgehead atoms. The summed E-state index contributed by atoms with van der Waals surface area (Å²) in [5.41, 5.74) is 27.7. The number of aromatic nitrogens is 2. The number of para-hydroxylation sites is 2. The van der Waals surface area contributed by atoms with E-state index in [4.69, 9.17) is 33.4 Å². The SMILES string of the molecule is CC(=O)N[C@H]1CCSC[C@@H](C(=O)N[C@@H](Cc2ccc(OCCN)cc2)C(=O)N[C@@H](Cc2c[nH]c3ccccc23)C(=O)N[C@@](C)(CC(C)C)C(=O)N[C@@H](CCC(=O)O)C(=O)N[C@@H](CC(N)=O)C(=O)NCC(N)=O)NC(=O)[C@H](CCC(N)=O)NC(=O)[C@H](Cc2c[nH]c3ccccc23)NC(=O)[C@H]([C@@H](C)O)NC(=O)[C@H](CCC(N)=O)NC1=O. The number of nitrogens with one attached hydrogen (secondary N) is 14. The van der Waals surface area contributed by atoms with Crippen LogP contribution in [0.25, 0.3) is 21.8 Å². The number of carbonyl (C=O) groups excluding carboxylic acids is 16. The van der Waals surface area contributed by atoms with Gasteiger partial charge in [-0.25, -0.2) is 0 Å². The number of amides is 16. The average molecular weight is 1610 g/mol. The van der Waals surface area contributed by atoms with Crippen LogP contribution in [0.15, 0.2) is 85.2 Å². The maximum Gasteiger partial charge on any atom is 0.303 e. The lowest BCUT2D eigenvalue weighted by atomic mass is 9.88. The third-order valence-electron chi connectivity index (χ3n) is 18.2. The zero-order valence-corrected chi connectivity index (χ0v) is 64.4. The maximum atomic E-state index is 15.6. The van der Waals surface area contributed by atoms with Crippen molar-refractivity contribution in [1.82, 2.24) is 73.8 Å². The molecule has 16 amide bonds. The van der Waals surface area contributed by atoms with Gasteiger partial charge in [-0.2, -0.15) is 11.8 Å². The second kappa shape index (κ2) is 43.6. The molecular formula is C74H101N19O20S. The van der Waals surface area contributed by atoms with Crippen LogP contribution in [0.5, 0.6) is 5.75 Å². The Bertz CT molecular complexity index is 4320. The number of aliphatic hydroxyl groups is 1. The van der Waals surface area contributed by atoms with Gasteiger partial charge in [-0.3, -0.25) is 81.5 Å². The van der Waals surface area contributed by atoms with E-state index in [-0.39, 0.29) is 44.6 Å². The van der Waals surface area contributed by atoms with Crippen molar-refractivity contribution < 1.29 is 96.5 Å². The fourth-order valence-corrected chi connectivity index (χ4v) is 13.5. The van der Waals surface area contributed by atoms with Gasteiger partial charge in [0.1, 0.15) is 78.3 Å². The summed E-state index contributed by atoms with van der Waals surface area (Å²) in [5.74, 6) is -18.8. The number of H-pyrrole nitrogens is 2. The Morgan fingerprint density at radius 2 is 1.16 bits per heavy atom. The van der Waals surface area contributed by atoms with Crippen molar-refractivity contribution in [2.24, 2.45) is 34.6 Å². The van der Waals surface area contributed by atoms with E-state index in [1.165, 1.54) is 6.92 Å². The number of carboxylic acids is 1. The van der Waals surface area contributed by atoms with Gasteiger partial charge < -0.3 is 117 Å². The molecule has 40 heteroatoms. The van der Waals surface area contributed by atoms with Crippen LogP contribution in [0.1, 0.15) is 109 Å². The van der Waals surface area contributed by atoms with E-state index in [2.05, 4.69) is 73.8 Å². The van der Waals surface area contributed by atoms with Crippen LogP contribution >= 0.6 is 11.8 Å². The van der Waals surface area contributed by atoms with Crippen molar-refractivity contribution in [3.05, 3.63) is 102 Å². The molecule has 2 aromatic heterocycles. The van der Waals surface area contributed by atoms with Gasteiger partial charge in [-0.1, -0.05) is 62.4 Å². The maximum absolute atomic E-state index is 15.6. The van der Waals surface area contributed by atoms with Crippen molar-refractivity contribution >= 4 is 134 Å². The molecule has 39 nitrogen and oxygen atoms in total. The van der Waals surface area contributed by atoms with E-state index in [0.717, 1.165) is 25.6 Å². The normalized spacial score (nSPS) is 19.1. The van der Waals surface area contributed by atoms with Crippen LogP contribution in [0.3, 0.4) is 0 Å². The Morgan fingerprint density at radius 3 is 1.73 bits per heavy atom. The first kappa shape index (κ1) is 90.7. The second-order valence-corrected chi connectivity index (χ2v) is 29.3. The molecular weight excluding hydrogens is 1510 g/mol. The van der Waals surface area contributed by atoms with E-state index in [1.54, 1.807) is 99.0 Å². The Kier molecular flexibility index (Phi) is 34.7. The predicted octanol–water partition coefficient (Wildman–Crippen LogP) is -4.81. The summed E-state index contributed by atoms with van der Waals surface area (Å²) in [7, 11) is 0. The van der Waals surface area contributed by atoms with Gasteiger partial charge in [0.05, 0.1) is 19.1 Å². The van der Waals surface area contributed by atoms with Gasteiger partial charge in [0.25, 0.3) is 0 Å². The molecule has 26 N–H and O–H groups in total. The molecule has 3 aromatic carbocycles. The summed E-state index contributed by atoms with van der Waals surface area (Å²) >= 11 is 0.916. The third-order valence-corrected chi connectivity index (χ3v) is 19.3. The highest BCUT2D eigenvalue weighted by Gasteiger charge is 2.42. The molecule has 0 radical (unpaired) electrons. The summed E-state index contributed by atoms with van der Waals surface area (Å²) in [6.07, 6.45) is -4.44. The first-order chi connectivity index (χ1) is 53.9. The standard InChI is InChI=1S/C74H101N19O20S/c1-37(2)32-74(5,73(112)91-50(20-23-61(100)101)65(104)88-55(31-59(78)98)63(102)82-35-60(79)99)93-71(110)54(30-42-34-81-47-13-9-7-11-45(42)47)87-68(107)52(28-40-14-16-43(17-15-40)113-26-25-75)86-70(109)56-36-114-27-24-51(83-39(4)95)66(105)84-49(19-22-58(77)97)67(106)92-62(38(3)94)72(111)89-53(29-41-33-80-46-12-8-6-10-44(41)46)69(108)85-48(64(103)90-56)18-21-57(76)96/h6-17,33-34,37-38,48-56,62,80-81,94H,18-32,35-36,75H2,1-5H3,(H2,76,96)(H2,77,97)(H2,78,98)(H2,79,99)(H,82,102)(H,83,95)(H,84,105)(H,85,108)(H,86,109)(H,87,107)(H,88,104)(H,89,111)(H,90,103)(H,91,112)(H,92,106)(H,93,110)(H,100,101)/t38-,48+,49+,50+,51+,52+,53+,54+,55+,56+,62+,74+/m1/s1. The number of rotatable bonds is 37. The molecule has 618 valence electrons. The third kappa shape index (κ3) is 28.5. The van der Waals surface area contributed by atoms with Crippen LogP contribution < -0.4 is 97.2 Å². The molecule has 0 aliphatic carbocycles. The molecule has 5 aromatic rings. The van der Waals surface area contributed by atoms with Gasteiger partial charge in [-0.15, -0.1) is 0 Å². The predicted molar refractivity (Wildman–Crippen MR) is 413 cm³/mol.